The Kier molecular flexibility index (Phi) is 3.24. The zero-order valence-electron chi connectivity index (χ0n) is 8.88. The van der Waals surface area contributed by atoms with E-state index in [0.29, 0.717) is 0 Å². The Labute approximate surface area is 88.8 Å². The predicted octanol–water partition coefficient (Wildman–Crippen LogP) is 2.36. The van der Waals surface area contributed by atoms with Crippen molar-refractivity contribution >= 4 is 5.91 Å². The fraction of sp³-hybridized carbons (Fsp3) is 0.250. The molecule has 1 atom stereocenters. The summed E-state index contributed by atoms with van der Waals surface area (Å²) in [6, 6.07) is 5.98. The highest BCUT2D eigenvalue weighted by molar-refractivity contribution is 5.74. The van der Waals surface area contributed by atoms with Gasteiger partial charge in [-0.25, -0.2) is 4.39 Å². The Morgan fingerprint density at radius 3 is 2.40 bits per heavy atom. The first-order valence-corrected chi connectivity index (χ1v) is 4.66. The van der Waals surface area contributed by atoms with Crippen LogP contribution < -0.4 is 5.32 Å². The molecule has 80 valence electrons. The van der Waals surface area contributed by atoms with Gasteiger partial charge in [0.25, 0.3) is 0 Å². The summed E-state index contributed by atoms with van der Waals surface area (Å²) in [4.78, 5) is 11.0. The van der Waals surface area contributed by atoms with Crippen molar-refractivity contribution in [3.05, 3.63) is 48.3 Å². The Hall–Kier alpha value is -1.64. The fourth-order valence-corrected chi connectivity index (χ4v) is 1.40. The predicted molar refractivity (Wildman–Crippen MR) is 57.8 cm³/mol. The molecular weight excluding hydrogens is 193 g/mol. The molecule has 1 amide bonds. The van der Waals surface area contributed by atoms with Crippen LogP contribution in [0, 0.1) is 5.82 Å². The summed E-state index contributed by atoms with van der Waals surface area (Å²) in [7, 11) is 0. The molecule has 1 unspecified atom stereocenters. The minimum atomic E-state index is -0.653. The number of halogens is 1. The molecule has 0 radical (unpaired) electrons. The average Bonchev–Trinajstić information content (AvgIpc) is 2.17. The molecule has 3 heteroatoms. The number of amides is 1. The molecule has 1 N–H and O–H groups in total. The Morgan fingerprint density at radius 2 is 2.00 bits per heavy atom. The third kappa shape index (κ3) is 2.65. The minimum absolute atomic E-state index is 0.151. The van der Waals surface area contributed by atoms with Crippen LogP contribution in [0.15, 0.2) is 36.9 Å². The second kappa shape index (κ2) is 4.26. The fourth-order valence-electron chi connectivity index (χ4n) is 1.40. The largest absolute Gasteiger partial charge is 0.344 e. The smallest absolute Gasteiger partial charge is 0.217 e. The van der Waals surface area contributed by atoms with Gasteiger partial charge >= 0.3 is 0 Å². The summed E-state index contributed by atoms with van der Waals surface area (Å²) in [5.74, 6) is -0.449. The van der Waals surface area contributed by atoms with Crippen molar-refractivity contribution in [2.75, 3.05) is 0 Å². The molecule has 2 nitrogen and oxygen atoms in total. The zero-order chi connectivity index (χ0) is 11.5. The van der Waals surface area contributed by atoms with Crippen LogP contribution in [0.5, 0.6) is 0 Å². The number of hydrogen-bond donors (Lipinski definition) is 1. The van der Waals surface area contributed by atoms with E-state index in [0.717, 1.165) is 5.56 Å². The molecule has 1 aromatic carbocycles. The third-order valence-corrected chi connectivity index (χ3v) is 2.29. The van der Waals surface area contributed by atoms with Gasteiger partial charge in [0.05, 0.1) is 5.54 Å². The molecule has 1 aromatic rings. The van der Waals surface area contributed by atoms with E-state index in [1.807, 2.05) is 6.92 Å². The van der Waals surface area contributed by atoms with Crippen LogP contribution in [0.4, 0.5) is 4.39 Å². The van der Waals surface area contributed by atoms with E-state index in [9.17, 15) is 9.18 Å². The van der Waals surface area contributed by atoms with E-state index in [2.05, 4.69) is 11.9 Å². The van der Waals surface area contributed by atoms with Crippen molar-refractivity contribution in [3.8, 4) is 0 Å². The van der Waals surface area contributed by atoms with E-state index < -0.39 is 5.54 Å². The third-order valence-electron chi connectivity index (χ3n) is 2.29. The van der Waals surface area contributed by atoms with Gasteiger partial charge in [0.2, 0.25) is 5.91 Å². The van der Waals surface area contributed by atoms with Crippen molar-refractivity contribution in [2.45, 2.75) is 19.4 Å². The number of hydrogen-bond acceptors (Lipinski definition) is 1. The lowest BCUT2D eigenvalue weighted by Gasteiger charge is -2.27. The summed E-state index contributed by atoms with van der Waals surface area (Å²) in [6.45, 7) is 6.93. The van der Waals surface area contributed by atoms with Gasteiger partial charge in [0.15, 0.2) is 0 Å². The molecule has 0 aliphatic heterocycles. The second-order valence-corrected chi connectivity index (χ2v) is 3.59. The first-order chi connectivity index (χ1) is 6.98. The summed E-state index contributed by atoms with van der Waals surface area (Å²) < 4.78 is 12.7. The molecule has 15 heavy (non-hydrogen) atoms. The minimum Gasteiger partial charge on any atom is -0.344 e. The van der Waals surface area contributed by atoms with E-state index in [4.69, 9.17) is 0 Å². The standard InChI is InChI=1S/C12H14FNO/c1-4-12(3,14-9(2)15)10-5-7-11(13)8-6-10/h4-8H,1H2,2-3H3,(H,14,15). The van der Waals surface area contributed by atoms with Crippen LogP contribution in [0.2, 0.25) is 0 Å². The lowest BCUT2D eigenvalue weighted by Crippen LogP contribution is -2.40. The number of carbonyl (C=O) groups is 1. The first-order valence-electron chi connectivity index (χ1n) is 4.66. The first kappa shape index (κ1) is 11.4. The highest BCUT2D eigenvalue weighted by Gasteiger charge is 2.23. The summed E-state index contributed by atoms with van der Waals surface area (Å²) in [6.07, 6.45) is 1.63. The number of benzene rings is 1. The van der Waals surface area contributed by atoms with Crippen LogP contribution in [0.1, 0.15) is 19.4 Å². The van der Waals surface area contributed by atoms with Gasteiger partial charge in [0, 0.05) is 6.92 Å². The molecule has 0 saturated carbocycles. The number of nitrogens with one attached hydrogen (secondary N) is 1. The maximum Gasteiger partial charge on any atom is 0.217 e. The monoisotopic (exact) mass is 207 g/mol. The molecule has 0 saturated heterocycles. The van der Waals surface area contributed by atoms with Gasteiger partial charge in [0.1, 0.15) is 5.82 Å². The van der Waals surface area contributed by atoms with Gasteiger partial charge in [-0.3, -0.25) is 4.79 Å². The molecule has 0 bridgehead atoms. The van der Waals surface area contributed by atoms with E-state index in [-0.39, 0.29) is 11.7 Å². The van der Waals surface area contributed by atoms with Crippen molar-refractivity contribution in [1.29, 1.82) is 0 Å². The lowest BCUT2D eigenvalue weighted by atomic mass is 9.92. The molecule has 0 aliphatic rings. The van der Waals surface area contributed by atoms with Crippen LogP contribution in [-0.4, -0.2) is 5.91 Å². The lowest BCUT2D eigenvalue weighted by molar-refractivity contribution is -0.120. The van der Waals surface area contributed by atoms with Crippen molar-refractivity contribution in [2.24, 2.45) is 0 Å². The summed E-state index contributed by atoms with van der Waals surface area (Å²) in [5.41, 5.74) is 0.147. The Morgan fingerprint density at radius 1 is 1.47 bits per heavy atom. The van der Waals surface area contributed by atoms with Gasteiger partial charge in [-0.05, 0) is 24.6 Å². The SMILES string of the molecule is C=CC(C)(NC(C)=O)c1ccc(F)cc1. The maximum atomic E-state index is 12.7. The second-order valence-electron chi connectivity index (χ2n) is 3.59. The highest BCUT2D eigenvalue weighted by atomic mass is 19.1. The van der Waals surface area contributed by atoms with Gasteiger partial charge in [-0.15, -0.1) is 6.58 Å². The molecule has 0 fully saturated rings. The molecule has 0 heterocycles. The molecule has 1 rings (SSSR count). The molecule has 0 spiro atoms. The van der Waals surface area contributed by atoms with Gasteiger partial charge in [-0.2, -0.15) is 0 Å². The quantitative estimate of drug-likeness (QED) is 0.757. The topological polar surface area (TPSA) is 29.1 Å². The van der Waals surface area contributed by atoms with Gasteiger partial charge < -0.3 is 5.32 Å². The van der Waals surface area contributed by atoms with Crippen LogP contribution in [0.3, 0.4) is 0 Å². The van der Waals surface area contributed by atoms with Crippen LogP contribution in [-0.2, 0) is 10.3 Å². The molecule has 0 aromatic heterocycles. The van der Waals surface area contributed by atoms with E-state index in [1.165, 1.54) is 19.1 Å². The average molecular weight is 207 g/mol. The maximum absolute atomic E-state index is 12.7. The molecule has 0 aliphatic carbocycles. The van der Waals surface area contributed by atoms with E-state index in [1.54, 1.807) is 18.2 Å². The number of rotatable bonds is 3. The van der Waals surface area contributed by atoms with Gasteiger partial charge in [-0.1, -0.05) is 18.2 Å². The molecular formula is C12H14FNO. The van der Waals surface area contributed by atoms with Crippen molar-refractivity contribution < 1.29 is 9.18 Å². The van der Waals surface area contributed by atoms with E-state index >= 15 is 0 Å². The van der Waals surface area contributed by atoms with Crippen molar-refractivity contribution in [1.82, 2.24) is 5.32 Å². The zero-order valence-corrected chi connectivity index (χ0v) is 8.88. The van der Waals surface area contributed by atoms with Crippen molar-refractivity contribution in [3.63, 3.8) is 0 Å². The Bertz CT molecular complexity index is 372. The summed E-state index contributed by atoms with van der Waals surface area (Å²) >= 11 is 0. The van der Waals surface area contributed by atoms with Crippen LogP contribution in [0.25, 0.3) is 0 Å². The highest BCUT2D eigenvalue weighted by Crippen LogP contribution is 2.21. The normalized spacial score (nSPS) is 14.1. The summed E-state index contributed by atoms with van der Waals surface area (Å²) in [5, 5.41) is 2.76. The van der Waals surface area contributed by atoms with Crippen LogP contribution >= 0.6 is 0 Å². The Balaban J connectivity index is 3.05. The number of carbonyl (C=O) groups excluding carboxylic acids is 1.